The Hall–Kier alpha value is -2.62. The van der Waals surface area contributed by atoms with Crippen LogP contribution in [0, 0.1) is 5.92 Å². The molecule has 0 aliphatic carbocycles. The molecule has 1 heterocycles. The van der Waals surface area contributed by atoms with E-state index in [1.807, 2.05) is 23.1 Å². The van der Waals surface area contributed by atoms with E-state index in [9.17, 15) is 9.59 Å². The highest BCUT2D eigenvalue weighted by Crippen LogP contribution is 2.33. The van der Waals surface area contributed by atoms with Crippen molar-refractivity contribution in [3.63, 3.8) is 0 Å². The van der Waals surface area contributed by atoms with E-state index in [4.69, 9.17) is 0 Å². The maximum atomic E-state index is 12.6. The molecule has 1 N–H and O–H groups in total. The topological polar surface area (TPSA) is 49.4 Å². The minimum absolute atomic E-state index is 0.0337. The number of carbonyl (C=O) groups is 2. The normalized spacial score (nSPS) is 19.3. The average Bonchev–Trinajstić information content (AvgIpc) is 2.74. The first kappa shape index (κ1) is 20.1. The van der Waals surface area contributed by atoms with E-state index in [0.717, 1.165) is 31.2 Å². The number of aryl methyl sites for hydroxylation is 1. The van der Waals surface area contributed by atoms with Crippen LogP contribution in [0.2, 0.25) is 0 Å². The minimum atomic E-state index is -0.133. The van der Waals surface area contributed by atoms with Crippen molar-refractivity contribution in [2.75, 3.05) is 13.1 Å². The Morgan fingerprint density at radius 1 is 1.00 bits per heavy atom. The van der Waals surface area contributed by atoms with Crippen LogP contribution in [0.5, 0.6) is 0 Å². The second-order valence-corrected chi connectivity index (χ2v) is 7.58. The fourth-order valence-corrected chi connectivity index (χ4v) is 3.97. The van der Waals surface area contributed by atoms with Crippen LogP contribution >= 0.6 is 0 Å². The van der Waals surface area contributed by atoms with Gasteiger partial charge in [0.1, 0.15) is 0 Å². The highest BCUT2D eigenvalue weighted by molar-refractivity contribution is 5.81. The van der Waals surface area contributed by atoms with Gasteiger partial charge in [-0.25, -0.2) is 0 Å². The zero-order valence-electron chi connectivity index (χ0n) is 16.9. The molecule has 1 saturated heterocycles. The summed E-state index contributed by atoms with van der Waals surface area (Å²) in [5, 5.41) is 3.05. The third kappa shape index (κ3) is 5.00. The van der Waals surface area contributed by atoms with Crippen molar-refractivity contribution in [1.82, 2.24) is 10.2 Å². The Morgan fingerprint density at radius 3 is 2.36 bits per heavy atom. The molecule has 4 nitrogen and oxygen atoms in total. The van der Waals surface area contributed by atoms with Gasteiger partial charge in [-0.3, -0.25) is 9.59 Å². The number of likely N-dealkylation sites (tertiary alicyclic amines) is 1. The van der Waals surface area contributed by atoms with E-state index in [1.54, 1.807) is 6.92 Å². The highest BCUT2D eigenvalue weighted by Gasteiger charge is 2.34. The molecule has 0 aromatic heterocycles. The summed E-state index contributed by atoms with van der Waals surface area (Å²) in [6, 6.07) is 18.7. The van der Waals surface area contributed by atoms with Crippen LogP contribution in [0.25, 0.3) is 0 Å². The molecule has 2 aromatic rings. The lowest BCUT2D eigenvalue weighted by molar-refractivity contribution is -0.137. The number of rotatable bonds is 6. The van der Waals surface area contributed by atoms with Crippen molar-refractivity contribution < 1.29 is 9.59 Å². The Kier molecular flexibility index (Phi) is 6.85. The summed E-state index contributed by atoms with van der Waals surface area (Å²) in [6.45, 7) is 4.86. The Labute approximate surface area is 167 Å². The fraction of sp³-hybridized carbons (Fsp3) is 0.417. The van der Waals surface area contributed by atoms with E-state index < -0.39 is 0 Å². The van der Waals surface area contributed by atoms with E-state index >= 15 is 0 Å². The van der Waals surface area contributed by atoms with Gasteiger partial charge < -0.3 is 10.2 Å². The summed E-state index contributed by atoms with van der Waals surface area (Å²) in [5.41, 5.74) is 3.67. The second kappa shape index (κ2) is 9.54. The molecule has 148 valence electrons. The number of benzene rings is 2. The molecule has 0 radical (unpaired) electrons. The molecule has 2 atom stereocenters. The molecule has 0 bridgehead atoms. The molecule has 3 rings (SSSR count). The quantitative estimate of drug-likeness (QED) is 0.829. The van der Waals surface area contributed by atoms with Gasteiger partial charge in [-0.2, -0.15) is 0 Å². The van der Waals surface area contributed by atoms with E-state index in [0.29, 0.717) is 13.1 Å². The lowest BCUT2D eigenvalue weighted by Gasteiger charge is -2.39. The van der Waals surface area contributed by atoms with Gasteiger partial charge in [-0.1, -0.05) is 61.5 Å². The summed E-state index contributed by atoms with van der Waals surface area (Å²) in [5.74, 6) is -0.0424. The molecule has 2 unspecified atom stereocenters. The Morgan fingerprint density at radius 2 is 1.71 bits per heavy atom. The summed E-state index contributed by atoms with van der Waals surface area (Å²) in [7, 11) is 0. The smallest absolute Gasteiger partial charge is 0.224 e. The van der Waals surface area contributed by atoms with E-state index in [-0.39, 0.29) is 23.8 Å². The largest absolute Gasteiger partial charge is 0.355 e. The van der Waals surface area contributed by atoms with Crippen molar-refractivity contribution in [2.45, 2.75) is 45.6 Å². The van der Waals surface area contributed by atoms with Crippen molar-refractivity contribution >= 4 is 11.8 Å². The van der Waals surface area contributed by atoms with Gasteiger partial charge in [0.05, 0.1) is 12.0 Å². The lowest BCUT2D eigenvalue weighted by atomic mass is 9.88. The van der Waals surface area contributed by atoms with Crippen molar-refractivity contribution in [3.8, 4) is 0 Å². The standard InChI is InChI=1S/C24H30N2O2/c1-3-19-9-11-21(12-10-19)23-14-13-22(17-26(23)18(2)27)24(28)25-16-15-20-7-5-4-6-8-20/h4-12,22-23H,3,13-17H2,1-2H3,(H,25,28). The van der Waals surface area contributed by atoms with Crippen LogP contribution in [-0.2, 0) is 22.4 Å². The van der Waals surface area contributed by atoms with Crippen LogP contribution in [-0.4, -0.2) is 29.8 Å². The molecule has 1 aliphatic heterocycles. The average molecular weight is 379 g/mol. The van der Waals surface area contributed by atoms with Gasteiger partial charge in [0.25, 0.3) is 0 Å². The predicted molar refractivity (Wildman–Crippen MR) is 112 cm³/mol. The second-order valence-electron chi connectivity index (χ2n) is 7.58. The van der Waals surface area contributed by atoms with Crippen LogP contribution in [0.4, 0.5) is 0 Å². The van der Waals surface area contributed by atoms with Crippen molar-refractivity contribution in [2.24, 2.45) is 5.92 Å². The van der Waals surface area contributed by atoms with E-state index in [2.05, 4.69) is 48.6 Å². The van der Waals surface area contributed by atoms with Crippen molar-refractivity contribution in [1.29, 1.82) is 0 Å². The minimum Gasteiger partial charge on any atom is -0.355 e. The summed E-state index contributed by atoms with van der Waals surface area (Å²) >= 11 is 0. The maximum absolute atomic E-state index is 12.6. The van der Waals surface area contributed by atoms with Crippen molar-refractivity contribution in [3.05, 3.63) is 71.3 Å². The van der Waals surface area contributed by atoms with Crippen LogP contribution < -0.4 is 5.32 Å². The van der Waals surface area contributed by atoms with Gasteiger partial charge in [0.2, 0.25) is 11.8 Å². The third-order valence-electron chi connectivity index (χ3n) is 5.69. The fourth-order valence-electron chi connectivity index (χ4n) is 3.97. The maximum Gasteiger partial charge on any atom is 0.224 e. The molecule has 28 heavy (non-hydrogen) atoms. The highest BCUT2D eigenvalue weighted by atomic mass is 16.2. The molecule has 2 aromatic carbocycles. The summed E-state index contributed by atoms with van der Waals surface area (Å²) in [4.78, 5) is 26.8. The van der Waals surface area contributed by atoms with Crippen LogP contribution in [0.15, 0.2) is 54.6 Å². The van der Waals surface area contributed by atoms with Gasteiger partial charge in [-0.05, 0) is 42.4 Å². The first-order chi connectivity index (χ1) is 13.6. The molecule has 1 aliphatic rings. The molecule has 1 fully saturated rings. The molecule has 0 spiro atoms. The molecule has 2 amide bonds. The van der Waals surface area contributed by atoms with Crippen LogP contribution in [0.1, 0.15) is 49.4 Å². The molecular formula is C24H30N2O2. The van der Waals surface area contributed by atoms with Gasteiger partial charge >= 0.3 is 0 Å². The number of nitrogens with zero attached hydrogens (tertiary/aromatic N) is 1. The zero-order valence-corrected chi connectivity index (χ0v) is 16.9. The number of hydrogen-bond donors (Lipinski definition) is 1. The summed E-state index contributed by atoms with van der Waals surface area (Å²) in [6.07, 6.45) is 3.46. The number of carbonyl (C=O) groups excluding carboxylic acids is 2. The third-order valence-corrected chi connectivity index (χ3v) is 5.69. The molecular weight excluding hydrogens is 348 g/mol. The zero-order chi connectivity index (χ0) is 19.9. The van der Waals surface area contributed by atoms with Gasteiger partial charge in [0, 0.05) is 20.0 Å². The summed E-state index contributed by atoms with van der Waals surface area (Å²) < 4.78 is 0. The SMILES string of the molecule is CCc1ccc(C2CCC(C(=O)NCCc3ccccc3)CN2C(C)=O)cc1. The monoisotopic (exact) mass is 378 g/mol. The first-order valence-electron chi connectivity index (χ1n) is 10.3. The lowest BCUT2D eigenvalue weighted by Crippen LogP contribution is -2.46. The first-order valence-corrected chi connectivity index (χ1v) is 10.3. The number of piperidine rings is 1. The van der Waals surface area contributed by atoms with Gasteiger partial charge in [-0.15, -0.1) is 0 Å². The number of nitrogens with one attached hydrogen (secondary N) is 1. The molecule has 0 saturated carbocycles. The van der Waals surface area contributed by atoms with E-state index in [1.165, 1.54) is 11.1 Å². The Bertz CT molecular complexity index is 786. The van der Waals surface area contributed by atoms with Crippen LogP contribution in [0.3, 0.4) is 0 Å². The predicted octanol–water partition coefficient (Wildman–Crippen LogP) is 3.91. The number of amides is 2. The molecule has 4 heteroatoms. The number of hydrogen-bond acceptors (Lipinski definition) is 2. The Balaban J connectivity index is 1.58. The van der Waals surface area contributed by atoms with Gasteiger partial charge in [0.15, 0.2) is 0 Å².